The van der Waals surface area contributed by atoms with Gasteiger partial charge in [-0.1, -0.05) is 12.1 Å². The molecular weight excluding hydrogens is 356 g/mol. The maximum atomic E-state index is 12.9. The zero-order valence-electron chi connectivity index (χ0n) is 15.9. The van der Waals surface area contributed by atoms with Gasteiger partial charge >= 0.3 is 0 Å². The van der Waals surface area contributed by atoms with E-state index in [1.807, 2.05) is 21.9 Å². The molecule has 0 spiro atoms. The van der Waals surface area contributed by atoms with Crippen molar-refractivity contribution in [3.63, 3.8) is 0 Å². The van der Waals surface area contributed by atoms with Gasteiger partial charge in [0.25, 0.3) is 5.91 Å². The highest BCUT2D eigenvalue weighted by Crippen LogP contribution is 2.30. The molecule has 148 valence electrons. The summed E-state index contributed by atoms with van der Waals surface area (Å²) in [5.74, 6) is 0.959. The summed E-state index contributed by atoms with van der Waals surface area (Å²) in [6.45, 7) is 2.78. The Hall–Kier alpha value is -2.76. The number of amides is 2. The highest BCUT2D eigenvalue weighted by Gasteiger charge is 2.32. The Morgan fingerprint density at radius 3 is 2.14 bits per heavy atom. The van der Waals surface area contributed by atoms with Gasteiger partial charge in [-0.25, -0.2) is 0 Å². The third-order valence-electron chi connectivity index (χ3n) is 6.07. The van der Waals surface area contributed by atoms with E-state index in [4.69, 9.17) is 4.42 Å². The van der Waals surface area contributed by atoms with Crippen LogP contribution < -0.4 is 0 Å². The van der Waals surface area contributed by atoms with E-state index in [0.29, 0.717) is 24.6 Å². The number of piperidine rings is 2. The molecule has 6 heteroatoms. The Kier molecular flexibility index (Phi) is 5.37. The Balaban J connectivity index is 1.27. The molecule has 0 atom stereocenters. The molecule has 1 N–H and O–H groups in total. The molecule has 28 heavy (non-hydrogen) atoms. The average Bonchev–Trinajstić information content (AvgIpc) is 3.28. The van der Waals surface area contributed by atoms with E-state index in [-0.39, 0.29) is 23.5 Å². The van der Waals surface area contributed by atoms with Crippen LogP contribution >= 0.6 is 0 Å². The van der Waals surface area contributed by atoms with Crippen molar-refractivity contribution in [3.8, 4) is 5.75 Å². The average molecular weight is 382 g/mol. The summed E-state index contributed by atoms with van der Waals surface area (Å²) in [4.78, 5) is 29.1. The van der Waals surface area contributed by atoms with Gasteiger partial charge in [-0.15, -0.1) is 0 Å². The summed E-state index contributed by atoms with van der Waals surface area (Å²) in [5.41, 5.74) is 1.80. The predicted octanol–water partition coefficient (Wildman–Crippen LogP) is 3.24. The minimum absolute atomic E-state index is 0.0126. The van der Waals surface area contributed by atoms with Crippen molar-refractivity contribution in [2.45, 2.75) is 31.6 Å². The number of aromatic hydroxyl groups is 1. The molecule has 1 aromatic heterocycles. The maximum absolute atomic E-state index is 12.9. The second-order valence-electron chi connectivity index (χ2n) is 7.77. The minimum atomic E-state index is -0.0191. The Morgan fingerprint density at radius 2 is 1.54 bits per heavy atom. The number of benzene rings is 1. The molecule has 4 rings (SSSR count). The lowest BCUT2D eigenvalue weighted by molar-refractivity contribution is -0.138. The Labute approximate surface area is 164 Å². The molecule has 2 fully saturated rings. The van der Waals surface area contributed by atoms with E-state index >= 15 is 0 Å². The van der Waals surface area contributed by atoms with Crippen LogP contribution in [0.2, 0.25) is 0 Å². The third kappa shape index (κ3) is 3.91. The number of hydrogen-bond donors (Lipinski definition) is 1. The van der Waals surface area contributed by atoms with Gasteiger partial charge in [-0.05, 0) is 55.4 Å². The van der Waals surface area contributed by atoms with Crippen LogP contribution in [0.3, 0.4) is 0 Å². The van der Waals surface area contributed by atoms with E-state index in [1.54, 1.807) is 18.2 Å². The second-order valence-corrected chi connectivity index (χ2v) is 7.77. The monoisotopic (exact) mass is 382 g/mol. The fourth-order valence-electron chi connectivity index (χ4n) is 4.34. The number of hydrogen-bond acceptors (Lipinski definition) is 4. The molecule has 0 radical (unpaired) electrons. The van der Waals surface area contributed by atoms with Crippen LogP contribution in [0, 0.1) is 5.92 Å². The van der Waals surface area contributed by atoms with Gasteiger partial charge in [0.2, 0.25) is 5.91 Å². The topological polar surface area (TPSA) is 74.0 Å². The lowest BCUT2D eigenvalue weighted by atomic mass is 9.88. The smallest absolute Gasteiger partial charge is 0.257 e. The lowest BCUT2D eigenvalue weighted by Crippen LogP contribution is -2.46. The van der Waals surface area contributed by atoms with Crippen LogP contribution in [0.4, 0.5) is 0 Å². The lowest BCUT2D eigenvalue weighted by Gasteiger charge is -2.37. The number of phenolic OH excluding ortho intramolecular Hbond substituents is 1. The van der Waals surface area contributed by atoms with Gasteiger partial charge in [0.15, 0.2) is 0 Å². The number of carbonyl (C=O) groups excluding carboxylic acids is 2. The normalized spacial score (nSPS) is 19.0. The van der Waals surface area contributed by atoms with Crippen molar-refractivity contribution < 1.29 is 19.1 Å². The quantitative estimate of drug-likeness (QED) is 0.884. The summed E-state index contributed by atoms with van der Waals surface area (Å²) in [7, 11) is 0. The zero-order valence-corrected chi connectivity index (χ0v) is 15.9. The first-order valence-electron chi connectivity index (χ1n) is 10.0. The summed E-state index contributed by atoms with van der Waals surface area (Å²) in [5, 5.41) is 9.44. The summed E-state index contributed by atoms with van der Waals surface area (Å²) in [6, 6.07) is 9.09. The standard InChI is InChI=1S/C22H26N2O4/c25-20-3-1-16(2-4-20)17-5-10-23(11-6-17)21(26)18-7-12-24(13-8-18)22(27)19-9-14-28-15-19/h1-4,9,14-15,17-18,25H,5-8,10-13H2. The molecule has 0 bridgehead atoms. The van der Waals surface area contributed by atoms with Crippen LogP contribution in [-0.2, 0) is 4.79 Å². The van der Waals surface area contributed by atoms with Crippen molar-refractivity contribution in [1.29, 1.82) is 0 Å². The first-order chi connectivity index (χ1) is 13.6. The zero-order chi connectivity index (χ0) is 19.5. The van der Waals surface area contributed by atoms with Crippen LogP contribution in [-0.4, -0.2) is 52.9 Å². The number of furan rings is 1. The fraction of sp³-hybridized carbons (Fsp3) is 0.455. The minimum Gasteiger partial charge on any atom is -0.508 e. The molecule has 3 heterocycles. The first kappa shape index (κ1) is 18.6. The van der Waals surface area contributed by atoms with Gasteiger partial charge in [0, 0.05) is 32.1 Å². The highest BCUT2D eigenvalue weighted by molar-refractivity contribution is 5.94. The molecule has 2 amide bonds. The van der Waals surface area contributed by atoms with Gasteiger partial charge in [0.1, 0.15) is 12.0 Å². The molecule has 2 saturated heterocycles. The van der Waals surface area contributed by atoms with Crippen LogP contribution in [0.25, 0.3) is 0 Å². The van der Waals surface area contributed by atoms with E-state index in [1.165, 1.54) is 18.1 Å². The van der Waals surface area contributed by atoms with Crippen molar-refractivity contribution in [1.82, 2.24) is 9.80 Å². The number of carbonyl (C=O) groups is 2. The molecule has 0 aliphatic carbocycles. The summed E-state index contributed by atoms with van der Waals surface area (Å²) < 4.78 is 4.99. The predicted molar refractivity (Wildman–Crippen MR) is 104 cm³/mol. The van der Waals surface area contributed by atoms with E-state index < -0.39 is 0 Å². The largest absolute Gasteiger partial charge is 0.508 e. The Morgan fingerprint density at radius 1 is 0.893 bits per heavy atom. The van der Waals surface area contributed by atoms with Crippen LogP contribution in [0.1, 0.15) is 47.5 Å². The molecule has 0 saturated carbocycles. The van der Waals surface area contributed by atoms with E-state index in [9.17, 15) is 14.7 Å². The van der Waals surface area contributed by atoms with Gasteiger partial charge in [0.05, 0.1) is 11.8 Å². The number of nitrogens with zero attached hydrogens (tertiary/aromatic N) is 2. The second kappa shape index (κ2) is 8.09. The van der Waals surface area contributed by atoms with E-state index in [0.717, 1.165) is 38.8 Å². The first-order valence-corrected chi connectivity index (χ1v) is 10.0. The van der Waals surface area contributed by atoms with Gasteiger partial charge in [-0.3, -0.25) is 9.59 Å². The number of likely N-dealkylation sites (tertiary alicyclic amines) is 2. The Bertz CT molecular complexity index is 800. The molecule has 2 aromatic rings. The van der Waals surface area contributed by atoms with E-state index in [2.05, 4.69) is 0 Å². The summed E-state index contributed by atoms with van der Waals surface area (Å²) in [6.07, 6.45) is 6.33. The third-order valence-corrected chi connectivity index (χ3v) is 6.07. The van der Waals surface area contributed by atoms with Gasteiger partial charge < -0.3 is 19.3 Å². The highest BCUT2D eigenvalue weighted by atomic mass is 16.3. The molecule has 6 nitrogen and oxygen atoms in total. The van der Waals surface area contributed by atoms with Gasteiger partial charge in [-0.2, -0.15) is 0 Å². The molecule has 0 unspecified atom stereocenters. The fourth-order valence-corrected chi connectivity index (χ4v) is 4.34. The maximum Gasteiger partial charge on any atom is 0.257 e. The summed E-state index contributed by atoms with van der Waals surface area (Å²) >= 11 is 0. The number of rotatable bonds is 3. The molecule has 1 aromatic carbocycles. The molecule has 2 aliphatic heterocycles. The van der Waals surface area contributed by atoms with Crippen molar-refractivity contribution >= 4 is 11.8 Å². The SMILES string of the molecule is O=C(c1ccoc1)N1CCC(C(=O)N2CCC(c3ccc(O)cc3)CC2)CC1. The molecular formula is C22H26N2O4. The van der Waals surface area contributed by atoms with Crippen molar-refractivity contribution in [3.05, 3.63) is 54.0 Å². The molecule has 2 aliphatic rings. The van der Waals surface area contributed by atoms with Crippen molar-refractivity contribution in [2.75, 3.05) is 26.2 Å². The van der Waals surface area contributed by atoms with Crippen molar-refractivity contribution in [2.24, 2.45) is 5.92 Å². The number of phenols is 1. The van der Waals surface area contributed by atoms with Crippen LogP contribution in [0.5, 0.6) is 5.75 Å². The van der Waals surface area contributed by atoms with Crippen LogP contribution in [0.15, 0.2) is 47.3 Å².